The summed E-state index contributed by atoms with van der Waals surface area (Å²) in [6.07, 6.45) is -0.138. The quantitative estimate of drug-likeness (QED) is 0.617. The van der Waals surface area contributed by atoms with Crippen LogP contribution in [-0.4, -0.2) is 15.7 Å². The van der Waals surface area contributed by atoms with Gasteiger partial charge in [0.25, 0.3) is 5.91 Å². The molecule has 0 saturated carbocycles. The molecule has 138 valence electrons. The van der Waals surface area contributed by atoms with Gasteiger partial charge >= 0.3 is 0 Å². The number of halogens is 3. The molecule has 1 unspecified atom stereocenters. The zero-order valence-corrected chi connectivity index (χ0v) is 16.2. The summed E-state index contributed by atoms with van der Waals surface area (Å²) in [5, 5.41) is 8.67. The molecule has 0 spiro atoms. The normalized spacial score (nSPS) is 16.0. The van der Waals surface area contributed by atoms with Gasteiger partial charge in [0, 0.05) is 10.7 Å². The van der Waals surface area contributed by atoms with E-state index in [-0.39, 0.29) is 12.0 Å². The van der Waals surface area contributed by atoms with E-state index in [2.05, 4.69) is 10.4 Å². The van der Waals surface area contributed by atoms with Crippen LogP contribution in [-0.2, 0) is 17.9 Å². The van der Waals surface area contributed by atoms with Gasteiger partial charge in [0.2, 0.25) is 0 Å². The number of hydrogen-bond acceptors (Lipinski definition) is 3. The van der Waals surface area contributed by atoms with Crippen molar-refractivity contribution in [2.45, 2.75) is 19.3 Å². The molecule has 3 aromatic rings. The number of ether oxygens (including phenoxy) is 1. The largest absolute Gasteiger partial charge is 0.365 e. The van der Waals surface area contributed by atoms with Gasteiger partial charge < -0.3 is 10.1 Å². The summed E-state index contributed by atoms with van der Waals surface area (Å²) >= 11 is 17.8. The summed E-state index contributed by atoms with van der Waals surface area (Å²) in [6.45, 7) is 0.900. The summed E-state index contributed by atoms with van der Waals surface area (Å²) in [5.41, 5.74) is 2.73. The number of aromatic nitrogens is 2. The first-order valence-electron chi connectivity index (χ1n) is 8.20. The van der Waals surface area contributed by atoms with Gasteiger partial charge in [-0.1, -0.05) is 46.9 Å². The average molecular weight is 423 g/mol. The molecule has 0 saturated heterocycles. The Kier molecular flexibility index (Phi) is 5.10. The van der Waals surface area contributed by atoms with Crippen LogP contribution in [0, 0.1) is 0 Å². The van der Waals surface area contributed by atoms with E-state index in [9.17, 15) is 4.79 Å². The number of hydrogen-bond donors (Lipinski definition) is 1. The molecule has 0 radical (unpaired) electrons. The van der Waals surface area contributed by atoms with Crippen LogP contribution in [0.5, 0.6) is 0 Å². The summed E-state index contributed by atoms with van der Waals surface area (Å²) in [4.78, 5) is 12.5. The van der Waals surface area contributed by atoms with Gasteiger partial charge in [0.05, 0.1) is 28.9 Å². The second-order valence-electron chi connectivity index (χ2n) is 6.14. The number of benzene rings is 2. The van der Waals surface area contributed by atoms with Crippen molar-refractivity contribution in [3.63, 3.8) is 0 Å². The van der Waals surface area contributed by atoms with E-state index in [0.717, 1.165) is 11.3 Å². The van der Waals surface area contributed by atoms with Crippen LogP contribution < -0.4 is 5.32 Å². The van der Waals surface area contributed by atoms with Crippen molar-refractivity contribution in [3.8, 4) is 0 Å². The highest BCUT2D eigenvalue weighted by molar-refractivity contribution is 6.42. The van der Waals surface area contributed by atoms with E-state index in [1.54, 1.807) is 28.9 Å². The molecule has 1 N–H and O–H groups in total. The van der Waals surface area contributed by atoms with Crippen molar-refractivity contribution in [1.29, 1.82) is 0 Å². The third-order valence-corrected chi connectivity index (χ3v) is 5.28. The summed E-state index contributed by atoms with van der Waals surface area (Å²) in [5.74, 6) is -0.321. The minimum Gasteiger partial charge on any atom is -0.365 e. The highest BCUT2D eigenvalue weighted by Gasteiger charge is 2.24. The van der Waals surface area contributed by atoms with Crippen LogP contribution in [0.3, 0.4) is 0 Å². The molecule has 2 aromatic carbocycles. The van der Waals surface area contributed by atoms with Crippen molar-refractivity contribution >= 4 is 46.4 Å². The minimum atomic E-state index is -0.321. The van der Waals surface area contributed by atoms with E-state index >= 15 is 0 Å². The predicted octanol–water partition coefficient (Wildman–Crippen LogP) is 5.37. The number of carbonyl (C=O) groups excluding carboxylic acids is 1. The molecule has 1 aliphatic heterocycles. The Bertz CT molecular complexity index is 1000. The maximum absolute atomic E-state index is 12.5. The first-order chi connectivity index (χ1) is 13.0. The van der Waals surface area contributed by atoms with Gasteiger partial charge in [0.1, 0.15) is 6.10 Å². The zero-order chi connectivity index (χ0) is 19.0. The number of rotatable bonds is 3. The van der Waals surface area contributed by atoms with Gasteiger partial charge in [-0.3, -0.25) is 9.48 Å². The molecule has 0 aliphatic carbocycles. The molecule has 0 bridgehead atoms. The molecule has 1 amide bonds. The van der Waals surface area contributed by atoms with E-state index in [4.69, 9.17) is 39.5 Å². The first kappa shape index (κ1) is 18.3. The fraction of sp³-hybridized carbons (Fsp3) is 0.158. The van der Waals surface area contributed by atoms with Crippen molar-refractivity contribution < 1.29 is 9.53 Å². The lowest BCUT2D eigenvalue weighted by molar-refractivity contribution is -0.00118. The standard InChI is InChI=1S/C19H14Cl3N3O2/c20-12-3-1-11(2-4-12)18-9-25-14(10-27-18)8-17(24-25)19(26)23-13-5-6-15(21)16(22)7-13/h1-8,18H,9-10H2,(H,23,26). The maximum atomic E-state index is 12.5. The fourth-order valence-electron chi connectivity index (χ4n) is 2.88. The second-order valence-corrected chi connectivity index (χ2v) is 7.39. The number of nitrogens with one attached hydrogen (secondary N) is 1. The Morgan fingerprint density at radius 3 is 2.59 bits per heavy atom. The number of nitrogens with zero attached hydrogens (tertiary/aromatic N) is 2. The number of anilines is 1. The fourth-order valence-corrected chi connectivity index (χ4v) is 3.31. The molecule has 1 atom stereocenters. The molecule has 1 aliphatic rings. The van der Waals surface area contributed by atoms with Crippen LogP contribution in [0.15, 0.2) is 48.5 Å². The molecule has 0 fully saturated rings. The summed E-state index contributed by atoms with van der Waals surface area (Å²) < 4.78 is 7.70. The SMILES string of the molecule is O=C(Nc1ccc(Cl)c(Cl)c1)c1cc2n(n1)CC(c1ccc(Cl)cc1)OC2. The van der Waals surface area contributed by atoms with Crippen LogP contribution in [0.25, 0.3) is 0 Å². The third-order valence-electron chi connectivity index (χ3n) is 4.29. The molecular weight excluding hydrogens is 409 g/mol. The first-order valence-corrected chi connectivity index (χ1v) is 9.33. The molecule has 5 nitrogen and oxygen atoms in total. The topological polar surface area (TPSA) is 56.2 Å². The minimum absolute atomic E-state index is 0.138. The summed E-state index contributed by atoms with van der Waals surface area (Å²) in [7, 11) is 0. The highest BCUT2D eigenvalue weighted by atomic mass is 35.5. The van der Waals surface area contributed by atoms with E-state index in [1.165, 1.54) is 0 Å². The lowest BCUT2D eigenvalue weighted by atomic mass is 10.1. The number of carbonyl (C=O) groups is 1. The Morgan fingerprint density at radius 2 is 1.85 bits per heavy atom. The molecule has 8 heteroatoms. The van der Waals surface area contributed by atoms with Gasteiger partial charge in [-0.2, -0.15) is 5.10 Å². The highest BCUT2D eigenvalue weighted by Crippen LogP contribution is 2.28. The van der Waals surface area contributed by atoms with Gasteiger partial charge in [-0.15, -0.1) is 0 Å². The average Bonchev–Trinajstić information content (AvgIpc) is 3.09. The predicted molar refractivity (Wildman–Crippen MR) is 106 cm³/mol. The summed E-state index contributed by atoms with van der Waals surface area (Å²) in [6, 6.07) is 14.1. The Morgan fingerprint density at radius 1 is 1.07 bits per heavy atom. The Labute approximate surface area is 170 Å². The number of amides is 1. The molecule has 1 aromatic heterocycles. The lowest BCUT2D eigenvalue weighted by Gasteiger charge is -2.24. The van der Waals surface area contributed by atoms with Crippen molar-refractivity contribution in [2.75, 3.05) is 5.32 Å². The lowest BCUT2D eigenvalue weighted by Crippen LogP contribution is -2.22. The monoisotopic (exact) mass is 421 g/mol. The van der Waals surface area contributed by atoms with Gasteiger partial charge in [0.15, 0.2) is 5.69 Å². The van der Waals surface area contributed by atoms with Crippen LogP contribution in [0.1, 0.15) is 27.8 Å². The Balaban J connectivity index is 1.50. The van der Waals surface area contributed by atoms with Crippen molar-refractivity contribution in [3.05, 3.63) is 80.6 Å². The third kappa shape index (κ3) is 3.96. The zero-order valence-electron chi connectivity index (χ0n) is 14.0. The Hall–Kier alpha value is -2.05. The second kappa shape index (κ2) is 7.52. The van der Waals surface area contributed by atoms with Gasteiger partial charge in [-0.25, -0.2) is 0 Å². The van der Waals surface area contributed by atoms with E-state index < -0.39 is 0 Å². The molecule has 2 heterocycles. The van der Waals surface area contributed by atoms with E-state index in [0.29, 0.717) is 39.6 Å². The smallest absolute Gasteiger partial charge is 0.276 e. The van der Waals surface area contributed by atoms with Crippen molar-refractivity contribution in [1.82, 2.24) is 9.78 Å². The van der Waals surface area contributed by atoms with Crippen LogP contribution >= 0.6 is 34.8 Å². The van der Waals surface area contributed by atoms with E-state index in [1.807, 2.05) is 24.3 Å². The van der Waals surface area contributed by atoms with Crippen LogP contribution in [0.2, 0.25) is 15.1 Å². The van der Waals surface area contributed by atoms with Crippen LogP contribution in [0.4, 0.5) is 5.69 Å². The van der Waals surface area contributed by atoms with Gasteiger partial charge in [-0.05, 0) is 42.0 Å². The van der Waals surface area contributed by atoms with Crippen molar-refractivity contribution in [2.24, 2.45) is 0 Å². The molecular formula is C19H14Cl3N3O2. The maximum Gasteiger partial charge on any atom is 0.276 e. The number of fused-ring (bicyclic) bond motifs is 1. The molecule has 27 heavy (non-hydrogen) atoms. The molecule has 4 rings (SSSR count).